The van der Waals surface area contributed by atoms with Crippen molar-refractivity contribution in [3.05, 3.63) is 17.5 Å². The fourth-order valence-corrected chi connectivity index (χ4v) is 1.94. The molecule has 0 saturated heterocycles. The van der Waals surface area contributed by atoms with Gasteiger partial charge in [0.25, 0.3) is 0 Å². The number of aromatic amines is 1. The Morgan fingerprint density at radius 1 is 1.53 bits per heavy atom. The summed E-state index contributed by atoms with van der Waals surface area (Å²) in [5.41, 5.74) is 2.72. The summed E-state index contributed by atoms with van der Waals surface area (Å²) in [7, 11) is 0. The fourth-order valence-electron chi connectivity index (χ4n) is 1.94. The van der Waals surface area contributed by atoms with E-state index in [2.05, 4.69) is 43.2 Å². The average Bonchev–Trinajstić information content (AvgIpc) is 2.66. The molecule has 1 saturated carbocycles. The molecule has 15 heavy (non-hydrogen) atoms. The van der Waals surface area contributed by atoms with Gasteiger partial charge in [-0.2, -0.15) is 5.10 Å². The van der Waals surface area contributed by atoms with Crippen molar-refractivity contribution >= 4 is 0 Å². The van der Waals surface area contributed by atoms with Crippen molar-refractivity contribution < 1.29 is 0 Å². The number of aromatic nitrogens is 2. The summed E-state index contributed by atoms with van der Waals surface area (Å²) in [6, 6.07) is 0.729. The molecule has 0 amide bonds. The smallest absolute Gasteiger partial charge is 0.0535 e. The van der Waals surface area contributed by atoms with Crippen molar-refractivity contribution in [3.8, 4) is 0 Å². The minimum absolute atomic E-state index is 0.155. The highest BCUT2D eigenvalue weighted by Crippen LogP contribution is 2.30. The number of nitrogens with zero attached hydrogens (tertiary/aromatic N) is 1. The van der Waals surface area contributed by atoms with Gasteiger partial charge in [-0.25, -0.2) is 0 Å². The maximum absolute atomic E-state index is 4.14. The van der Waals surface area contributed by atoms with Crippen molar-refractivity contribution in [2.45, 2.75) is 52.1 Å². The molecule has 1 aromatic heterocycles. The Kier molecular flexibility index (Phi) is 2.59. The second-order valence-corrected chi connectivity index (χ2v) is 5.72. The van der Waals surface area contributed by atoms with Gasteiger partial charge >= 0.3 is 0 Å². The lowest BCUT2D eigenvalue weighted by molar-refractivity contribution is 0.551. The second-order valence-electron chi connectivity index (χ2n) is 5.72. The quantitative estimate of drug-likeness (QED) is 0.797. The van der Waals surface area contributed by atoms with Gasteiger partial charge in [0.15, 0.2) is 0 Å². The van der Waals surface area contributed by atoms with Crippen LogP contribution in [-0.4, -0.2) is 16.2 Å². The Bertz CT molecular complexity index is 335. The minimum Gasteiger partial charge on any atom is -0.310 e. The molecule has 1 fully saturated rings. The van der Waals surface area contributed by atoms with E-state index in [9.17, 15) is 0 Å². The van der Waals surface area contributed by atoms with Gasteiger partial charge in [-0.1, -0.05) is 27.7 Å². The van der Waals surface area contributed by atoms with Crippen LogP contribution < -0.4 is 5.32 Å². The zero-order valence-electron chi connectivity index (χ0n) is 10.1. The predicted molar refractivity (Wildman–Crippen MR) is 61.7 cm³/mol. The highest BCUT2D eigenvalue weighted by molar-refractivity contribution is 5.23. The molecule has 0 radical (unpaired) electrons. The molecule has 2 N–H and O–H groups in total. The van der Waals surface area contributed by atoms with Crippen LogP contribution in [0.1, 0.15) is 45.4 Å². The number of hydrogen-bond acceptors (Lipinski definition) is 2. The van der Waals surface area contributed by atoms with Gasteiger partial charge in [-0.15, -0.1) is 0 Å². The molecule has 2 unspecified atom stereocenters. The maximum atomic E-state index is 4.14. The first kappa shape index (κ1) is 10.7. The minimum atomic E-state index is 0.155. The molecule has 0 aliphatic heterocycles. The van der Waals surface area contributed by atoms with E-state index in [-0.39, 0.29) is 5.41 Å². The Morgan fingerprint density at radius 3 is 2.73 bits per heavy atom. The Labute approximate surface area is 91.7 Å². The Morgan fingerprint density at radius 2 is 2.20 bits per heavy atom. The first-order valence-electron chi connectivity index (χ1n) is 5.74. The van der Waals surface area contributed by atoms with Gasteiger partial charge in [-0.05, 0) is 12.3 Å². The molecule has 3 nitrogen and oxygen atoms in total. The van der Waals surface area contributed by atoms with Crippen LogP contribution in [0.15, 0.2) is 6.20 Å². The van der Waals surface area contributed by atoms with Gasteiger partial charge < -0.3 is 5.32 Å². The van der Waals surface area contributed by atoms with Crippen LogP contribution in [0.4, 0.5) is 0 Å². The first-order chi connectivity index (χ1) is 6.98. The van der Waals surface area contributed by atoms with E-state index in [0.717, 1.165) is 18.5 Å². The number of rotatable bonds is 3. The van der Waals surface area contributed by atoms with E-state index in [4.69, 9.17) is 0 Å². The summed E-state index contributed by atoms with van der Waals surface area (Å²) in [5, 5.41) is 10.8. The molecule has 0 bridgehead atoms. The van der Waals surface area contributed by atoms with E-state index >= 15 is 0 Å². The first-order valence-corrected chi connectivity index (χ1v) is 5.74. The number of H-pyrrole nitrogens is 1. The maximum Gasteiger partial charge on any atom is 0.0535 e. The van der Waals surface area contributed by atoms with Crippen LogP contribution in [0, 0.1) is 5.92 Å². The Hall–Kier alpha value is -0.830. The van der Waals surface area contributed by atoms with Crippen LogP contribution in [0.2, 0.25) is 0 Å². The zero-order valence-corrected chi connectivity index (χ0v) is 10.1. The lowest BCUT2D eigenvalue weighted by Crippen LogP contribution is -2.21. The highest BCUT2D eigenvalue weighted by Gasteiger charge is 2.32. The molecule has 84 valence electrons. The van der Waals surface area contributed by atoms with Crippen molar-refractivity contribution in [2.24, 2.45) is 5.92 Å². The third-order valence-electron chi connectivity index (χ3n) is 3.13. The van der Waals surface area contributed by atoms with Crippen molar-refractivity contribution in [1.82, 2.24) is 15.5 Å². The molecular weight excluding hydrogens is 186 g/mol. The van der Waals surface area contributed by atoms with Crippen LogP contribution >= 0.6 is 0 Å². The summed E-state index contributed by atoms with van der Waals surface area (Å²) in [6.07, 6.45) is 3.27. The summed E-state index contributed by atoms with van der Waals surface area (Å²) >= 11 is 0. The molecule has 1 aliphatic carbocycles. The van der Waals surface area contributed by atoms with Gasteiger partial charge in [0.05, 0.1) is 6.20 Å². The standard InChI is InChI=1S/C12H21N3/c1-8-5-10(8)13-6-9-7-14-15-11(9)12(2,3)4/h7-8,10,13H,5-6H2,1-4H3,(H,14,15). The van der Waals surface area contributed by atoms with Gasteiger partial charge in [-0.3, -0.25) is 5.10 Å². The van der Waals surface area contributed by atoms with Crippen LogP contribution in [-0.2, 0) is 12.0 Å². The largest absolute Gasteiger partial charge is 0.310 e. The van der Waals surface area contributed by atoms with Gasteiger partial charge in [0.1, 0.15) is 0 Å². The van der Waals surface area contributed by atoms with Crippen LogP contribution in [0.5, 0.6) is 0 Å². The van der Waals surface area contributed by atoms with E-state index in [0.29, 0.717) is 0 Å². The molecular formula is C12H21N3. The number of nitrogens with one attached hydrogen (secondary N) is 2. The zero-order chi connectivity index (χ0) is 11.1. The third kappa shape index (κ3) is 2.40. The molecule has 2 rings (SSSR count). The number of hydrogen-bond donors (Lipinski definition) is 2. The summed E-state index contributed by atoms with van der Waals surface area (Å²) < 4.78 is 0. The molecule has 1 aromatic rings. The van der Waals surface area contributed by atoms with Crippen molar-refractivity contribution in [2.75, 3.05) is 0 Å². The SMILES string of the molecule is CC1CC1NCc1cn[nH]c1C(C)(C)C. The molecule has 1 aliphatic rings. The third-order valence-corrected chi connectivity index (χ3v) is 3.13. The molecule has 2 atom stereocenters. The summed E-state index contributed by atoms with van der Waals surface area (Å²) in [5.74, 6) is 0.856. The van der Waals surface area contributed by atoms with Crippen molar-refractivity contribution in [3.63, 3.8) is 0 Å². The Balaban J connectivity index is 1.99. The van der Waals surface area contributed by atoms with E-state index in [1.165, 1.54) is 17.7 Å². The highest BCUT2D eigenvalue weighted by atomic mass is 15.1. The average molecular weight is 207 g/mol. The van der Waals surface area contributed by atoms with Gasteiger partial charge in [0, 0.05) is 29.3 Å². The predicted octanol–water partition coefficient (Wildman–Crippen LogP) is 2.21. The van der Waals surface area contributed by atoms with Crippen molar-refractivity contribution in [1.29, 1.82) is 0 Å². The van der Waals surface area contributed by atoms with Gasteiger partial charge in [0.2, 0.25) is 0 Å². The molecule has 3 heteroatoms. The van der Waals surface area contributed by atoms with Crippen LogP contribution in [0.3, 0.4) is 0 Å². The van der Waals surface area contributed by atoms with E-state index in [1.807, 2.05) is 6.20 Å². The second kappa shape index (κ2) is 3.63. The van der Waals surface area contributed by atoms with E-state index < -0.39 is 0 Å². The summed E-state index contributed by atoms with van der Waals surface area (Å²) in [4.78, 5) is 0. The monoisotopic (exact) mass is 207 g/mol. The topological polar surface area (TPSA) is 40.7 Å². The van der Waals surface area contributed by atoms with Crippen LogP contribution in [0.25, 0.3) is 0 Å². The fraction of sp³-hybridized carbons (Fsp3) is 0.750. The molecule has 0 aromatic carbocycles. The lowest BCUT2D eigenvalue weighted by atomic mass is 9.89. The van der Waals surface area contributed by atoms with E-state index in [1.54, 1.807) is 0 Å². The normalized spacial score (nSPS) is 25.6. The molecule has 0 spiro atoms. The summed E-state index contributed by atoms with van der Waals surface area (Å²) in [6.45, 7) is 9.87. The molecule has 1 heterocycles. The lowest BCUT2D eigenvalue weighted by Gasteiger charge is -2.18.